The summed E-state index contributed by atoms with van der Waals surface area (Å²) in [6.45, 7) is 6.54. The molecule has 2 heterocycles. The molecule has 1 fully saturated rings. The number of carbonyl (C=O) groups excluding carboxylic acids is 1. The number of carbonyl (C=O) groups is 1. The van der Waals surface area contributed by atoms with Crippen LogP contribution in [-0.4, -0.2) is 46.8 Å². The molecule has 8 heteroatoms. The van der Waals surface area contributed by atoms with Crippen LogP contribution < -0.4 is 11.1 Å². The van der Waals surface area contributed by atoms with Crippen molar-refractivity contribution in [3.05, 3.63) is 24.2 Å². The average molecular weight is 310 g/mol. The van der Waals surface area contributed by atoms with Crippen LogP contribution in [0.25, 0.3) is 0 Å². The van der Waals surface area contributed by atoms with Crippen LogP contribution in [0, 0.1) is 0 Å². The van der Waals surface area contributed by atoms with E-state index in [1.54, 1.807) is 12.1 Å². The Morgan fingerprint density at radius 1 is 1.59 bits per heavy atom. The Bertz CT molecular complexity index is 530. The van der Waals surface area contributed by atoms with Crippen molar-refractivity contribution in [1.82, 2.24) is 10.2 Å². The van der Waals surface area contributed by atoms with Gasteiger partial charge in [0, 0.05) is 13.1 Å². The van der Waals surface area contributed by atoms with Gasteiger partial charge < -0.3 is 25.4 Å². The first-order valence-corrected chi connectivity index (χ1v) is 7.04. The van der Waals surface area contributed by atoms with E-state index in [0.717, 1.165) is 0 Å². The Kier molecular flexibility index (Phi) is 4.60. The highest BCUT2D eigenvalue weighted by atomic mass is 16.6. The zero-order valence-electron chi connectivity index (χ0n) is 12.9. The van der Waals surface area contributed by atoms with Crippen molar-refractivity contribution in [3.63, 3.8) is 0 Å². The van der Waals surface area contributed by atoms with Gasteiger partial charge in [0.2, 0.25) is 0 Å². The monoisotopic (exact) mass is 310 g/mol. The predicted molar refractivity (Wildman–Crippen MR) is 79.6 cm³/mol. The summed E-state index contributed by atoms with van der Waals surface area (Å²) in [5, 5.41) is 14.8. The SMILES string of the molecule is CC(C)(C)OC(=O)NC1CN(C(/C(N)=N/O)c2ccco2)C1. The summed E-state index contributed by atoms with van der Waals surface area (Å²) in [5.41, 5.74) is 5.21. The number of ether oxygens (including phenoxy) is 1. The highest BCUT2D eigenvalue weighted by Gasteiger charge is 2.38. The number of rotatable bonds is 4. The summed E-state index contributed by atoms with van der Waals surface area (Å²) in [7, 11) is 0. The van der Waals surface area contributed by atoms with Crippen LogP contribution in [0.15, 0.2) is 28.0 Å². The highest BCUT2D eigenvalue weighted by molar-refractivity contribution is 5.86. The van der Waals surface area contributed by atoms with E-state index in [1.807, 2.05) is 25.7 Å². The highest BCUT2D eigenvalue weighted by Crippen LogP contribution is 2.26. The standard InChI is InChI=1S/C14H22N4O4/c1-14(2,3)22-13(19)16-9-7-18(8-9)11(12(15)17-20)10-5-4-6-21-10/h4-6,9,11,20H,7-8H2,1-3H3,(H2,15,17)(H,16,19). The molecule has 8 nitrogen and oxygen atoms in total. The van der Waals surface area contributed by atoms with E-state index in [2.05, 4.69) is 10.5 Å². The molecule has 0 aromatic carbocycles. The number of hydrogen-bond acceptors (Lipinski definition) is 6. The van der Waals surface area contributed by atoms with Gasteiger partial charge in [-0.2, -0.15) is 0 Å². The normalized spacial score (nSPS) is 18.6. The average Bonchev–Trinajstić information content (AvgIpc) is 2.87. The second-order valence-electron chi connectivity index (χ2n) is 6.24. The van der Waals surface area contributed by atoms with Gasteiger partial charge >= 0.3 is 6.09 Å². The maximum atomic E-state index is 11.7. The van der Waals surface area contributed by atoms with E-state index >= 15 is 0 Å². The summed E-state index contributed by atoms with van der Waals surface area (Å²) in [4.78, 5) is 13.6. The van der Waals surface area contributed by atoms with Gasteiger partial charge in [0.05, 0.1) is 12.3 Å². The fourth-order valence-corrected chi connectivity index (χ4v) is 2.30. The fraction of sp³-hybridized carbons (Fsp3) is 0.571. The summed E-state index contributed by atoms with van der Waals surface area (Å²) in [6.07, 6.45) is 1.08. The molecule has 1 unspecified atom stereocenters. The number of nitrogens with two attached hydrogens (primary N) is 1. The van der Waals surface area contributed by atoms with Crippen molar-refractivity contribution in [2.75, 3.05) is 13.1 Å². The van der Waals surface area contributed by atoms with Crippen LogP contribution >= 0.6 is 0 Å². The smallest absolute Gasteiger partial charge is 0.407 e. The van der Waals surface area contributed by atoms with Crippen LogP contribution in [-0.2, 0) is 4.74 Å². The largest absolute Gasteiger partial charge is 0.467 e. The zero-order valence-corrected chi connectivity index (χ0v) is 12.9. The van der Waals surface area contributed by atoms with Crippen molar-refractivity contribution < 1.29 is 19.2 Å². The second-order valence-corrected chi connectivity index (χ2v) is 6.24. The number of likely N-dealkylation sites (tertiary alicyclic amines) is 1. The third-order valence-corrected chi connectivity index (χ3v) is 3.20. The molecule has 1 amide bonds. The number of furan rings is 1. The van der Waals surface area contributed by atoms with Crippen molar-refractivity contribution in [2.24, 2.45) is 10.9 Å². The number of amides is 1. The van der Waals surface area contributed by atoms with Crippen LogP contribution in [0.3, 0.4) is 0 Å². The summed E-state index contributed by atoms with van der Waals surface area (Å²) >= 11 is 0. The maximum Gasteiger partial charge on any atom is 0.407 e. The van der Waals surface area contributed by atoms with Gasteiger partial charge in [0.15, 0.2) is 5.84 Å². The number of amidine groups is 1. The molecule has 122 valence electrons. The van der Waals surface area contributed by atoms with Crippen LogP contribution in [0.2, 0.25) is 0 Å². The number of alkyl carbamates (subject to hydrolysis) is 1. The molecule has 22 heavy (non-hydrogen) atoms. The molecule has 1 aromatic rings. The third-order valence-electron chi connectivity index (χ3n) is 3.20. The van der Waals surface area contributed by atoms with Gasteiger partial charge in [-0.25, -0.2) is 4.79 Å². The number of hydrogen-bond donors (Lipinski definition) is 3. The van der Waals surface area contributed by atoms with Crippen molar-refractivity contribution >= 4 is 11.9 Å². The number of nitrogens with one attached hydrogen (secondary N) is 1. The van der Waals surface area contributed by atoms with Gasteiger partial charge in [-0.1, -0.05) is 5.16 Å². The third kappa shape index (κ3) is 3.91. The minimum atomic E-state index is -0.530. The minimum Gasteiger partial charge on any atom is -0.467 e. The molecule has 4 N–H and O–H groups in total. The molecule has 0 spiro atoms. The Labute approximate surface area is 128 Å². The summed E-state index contributed by atoms with van der Waals surface area (Å²) < 4.78 is 10.5. The Morgan fingerprint density at radius 2 is 2.27 bits per heavy atom. The topological polar surface area (TPSA) is 113 Å². The van der Waals surface area contributed by atoms with E-state index in [1.165, 1.54) is 6.26 Å². The lowest BCUT2D eigenvalue weighted by atomic mass is 10.0. The number of oxime groups is 1. The molecular formula is C14H22N4O4. The van der Waals surface area contributed by atoms with Gasteiger partial charge in [-0.15, -0.1) is 0 Å². The van der Waals surface area contributed by atoms with E-state index < -0.39 is 17.7 Å². The molecule has 0 aliphatic carbocycles. The molecule has 0 saturated carbocycles. The van der Waals surface area contributed by atoms with E-state index in [9.17, 15) is 4.79 Å². The van der Waals surface area contributed by atoms with Gasteiger partial charge in [-0.05, 0) is 32.9 Å². The van der Waals surface area contributed by atoms with E-state index in [0.29, 0.717) is 18.8 Å². The first kappa shape index (κ1) is 16.2. The second kappa shape index (κ2) is 6.27. The molecule has 0 bridgehead atoms. The van der Waals surface area contributed by atoms with E-state index in [-0.39, 0.29) is 11.9 Å². The Morgan fingerprint density at radius 3 is 2.77 bits per heavy atom. The Hall–Kier alpha value is -2.22. The van der Waals surface area contributed by atoms with Crippen LogP contribution in [0.4, 0.5) is 4.79 Å². The lowest BCUT2D eigenvalue weighted by Gasteiger charge is -2.43. The molecule has 1 saturated heterocycles. The quantitative estimate of drug-likeness (QED) is 0.334. The van der Waals surface area contributed by atoms with Gasteiger partial charge in [-0.3, -0.25) is 4.90 Å². The van der Waals surface area contributed by atoms with Crippen molar-refractivity contribution in [2.45, 2.75) is 38.5 Å². The predicted octanol–water partition coefficient (Wildman–Crippen LogP) is 1.28. The first-order valence-electron chi connectivity index (χ1n) is 7.04. The van der Waals surface area contributed by atoms with Crippen LogP contribution in [0.1, 0.15) is 32.6 Å². The molecule has 1 aromatic heterocycles. The Balaban J connectivity index is 1.90. The number of nitrogens with zero attached hydrogens (tertiary/aromatic N) is 2. The summed E-state index contributed by atoms with van der Waals surface area (Å²) in [5.74, 6) is 0.636. The summed E-state index contributed by atoms with van der Waals surface area (Å²) in [6, 6.07) is 3.01. The fourth-order valence-electron chi connectivity index (χ4n) is 2.30. The molecule has 1 atom stereocenters. The zero-order chi connectivity index (χ0) is 16.3. The first-order chi connectivity index (χ1) is 10.3. The van der Waals surface area contributed by atoms with Crippen molar-refractivity contribution in [1.29, 1.82) is 0 Å². The lowest BCUT2D eigenvalue weighted by molar-refractivity contribution is 0.0359. The van der Waals surface area contributed by atoms with Gasteiger partial charge in [0.25, 0.3) is 0 Å². The molecule has 1 aliphatic heterocycles. The molecule has 2 rings (SSSR count). The van der Waals surface area contributed by atoms with Crippen LogP contribution in [0.5, 0.6) is 0 Å². The maximum absolute atomic E-state index is 11.7. The molecule has 1 aliphatic rings. The molecule has 0 radical (unpaired) electrons. The van der Waals surface area contributed by atoms with Crippen molar-refractivity contribution in [3.8, 4) is 0 Å². The molecular weight excluding hydrogens is 288 g/mol. The van der Waals surface area contributed by atoms with Gasteiger partial charge in [0.1, 0.15) is 17.4 Å². The minimum absolute atomic E-state index is 0.0428. The lowest BCUT2D eigenvalue weighted by Crippen LogP contribution is -2.61. The van der Waals surface area contributed by atoms with E-state index in [4.69, 9.17) is 20.1 Å².